The van der Waals surface area contributed by atoms with Crippen molar-refractivity contribution in [3.8, 4) is 0 Å². The van der Waals surface area contributed by atoms with Gasteiger partial charge in [0.05, 0.1) is 0 Å². The molecule has 0 radical (unpaired) electrons. The topological polar surface area (TPSA) is 137 Å². The number of carbonyl (C=O) groups is 1. The molecule has 0 fully saturated rings. The molecule has 1 amide bonds. The zero-order valence-electron chi connectivity index (χ0n) is 12.7. The van der Waals surface area contributed by atoms with E-state index < -0.39 is 5.91 Å². The second-order valence-corrected chi connectivity index (χ2v) is 4.46. The van der Waals surface area contributed by atoms with Gasteiger partial charge in [-0.2, -0.15) is 4.99 Å². The molecule has 0 bridgehead atoms. The van der Waals surface area contributed by atoms with Crippen molar-refractivity contribution in [3.05, 3.63) is 17.5 Å². The summed E-state index contributed by atoms with van der Waals surface area (Å²) >= 11 is 0. The number of rotatable bonds is 4. The number of aromatic nitrogens is 2. The molecule has 0 aromatic carbocycles. The molecule has 0 aliphatic heterocycles. The molecule has 1 aromatic rings. The number of nitrogens with zero attached hydrogens (tertiary/aromatic N) is 4. The van der Waals surface area contributed by atoms with Crippen LogP contribution < -0.4 is 22.1 Å². The maximum absolute atomic E-state index is 11.9. The quantitative estimate of drug-likeness (QED) is 0.537. The summed E-state index contributed by atoms with van der Waals surface area (Å²) in [6.07, 6.45) is 1.88. The Morgan fingerprint density at radius 3 is 2.43 bits per heavy atom. The molecule has 0 unspecified atom stereocenters. The van der Waals surface area contributed by atoms with Gasteiger partial charge in [0.25, 0.3) is 0 Å². The van der Waals surface area contributed by atoms with Gasteiger partial charge in [-0.1, -0.05) is 6.08 Å². The maximum atomic E-state index is 11.9. The zero-order valence-corrected chi connectivity index (χ0v) is 12.7. The van der Waals surface area contributed by atoms with Crippen molar-refractivity contribution in [1.29, 1.82) is 0 Å². The first kappa shape index (κ1) is 16.4. The number of allylic oxidation sites excluding steroid dienone is 2. The Kier molecular flexibility index (Phi) is 5.23. The third-order valence-electron chi connectivity index (χ3n) is 2.98. The second kappa shape index (κ2) is 6.69. The van der Waals surface area contributed by atoms with E-state index in [1.54, 1.807) is 0 Å². The van der Waals surface area contributed by atoms with Crippen LogP contribution in [-0.4, -0.2) is 35.4 Å². The van der Waals surface area contributed by atoms with Crippen molar-refractivity contribution in [2.24, 2.45) is 16.5 Å². The molecule has 1 aromatic heterocycles. The Labute approximate surface area is 123 Å². The number of amides is 1. The number of hydrogen-bond donors (Lipinski definition) is 3. The molecular weight excluding hydrogens is 270 g/mol. The first-order chi connectivity index (χ1) is 9.81. The van der Waals surface area contributed by atoms with Crippen molar-refractivity contribution in [2.75, 3.05) is 24.2 Å². The van der Waals surface area contributed by atoms with Crippen LogP contribution in [0.5, 0.6) is 0 Å². The maximum Gasteiger partial charge on any atom is 0.302 e. The summed E-state index contributed by atoms with van der Waals surface area (Å²) in [5.74, 6) is -0.462. The lowest BCUT2D eigenvalue weighted by atomic mass is 10.2. The van der Waals surface area contributed by atoms with Crippen LogP contribution in [0, 0.1) is 0 Å². The van der Waals surface area contributed by atoms with Crippen LogP contribution in [0.25, 0.3) is 5.57 Å². The molecule has 0 spiro atoms. The lowest BCUT2D eigenvalue weighted by Gasteiger charge is -2.20. The van der Waals surface area contributed by atoms with Gasteiger partial charge in [0.2, 0.25) is 0 Å². The van der Waals surface area contributed by atoms with Crippen LogP contribution in [0.2, 0.25) is 0 Å². The Hall–Kier alpha value is -2.64. The fraction of sp³-hybridized carbons (Fsp3) is 0.385. The molecule has 114 valence electrons. The van der Waals surface area contributed by atoms with E-state index >= 15 is 0 Å². The van der Waals surface area contributed by atoms with Crippen molar-refractivity contribution >= 4 is 29.1 Å². The first-order valence-corrected chi connectivity index (χ1v) is 6.47. The van der Waals surface area contributed by atoms with Gasteiger partial charge in [-0.05, 0) is 26.3 Å². The molecule has 21 heavy (non-hydrogen) atoms. The van der Waals surface area contributed by atoms with E-state index in [1.165, 1.54) is 0 Å². The van der Waals surface area contributed by atoms with E-state index in [2.05, 4.69) is 15.0 Å². The fourth-order valence-corrected chi connectivity index (χ4v) is 1.58. The number of aliphatic imine (C=N–C) groups is 1. The Morgan fingerprint density at radius 2 is 1.95 bits per heavy atom. The molecule has 0 aliphatic carbocycles. The van der Waals surface area contributed by atoms with Gasteiger partial charge in [0.1, 0.15) is 5.69 Å². The molecule has 0 atom stereocenters. The van der Waals surface area contributed by atoms with Gasteiger partial charge in [-0.3, -0.25) is 4.79 Å². The number of anilines is 2. The third kappa shape index (κ3) is 3.68. The monoisotopic (exact) mass is 291 g/mol. The lowest BCUT2D eigenvalue weighted by molar-refractivity contribution is 0.0998. The molecule has 8 nitrogen and oxygen atoms in total. The largest absolute Gasteiger partial charge is 0.382 e. The van der Waals surface area contributed by atoms with E-state index in [9.17, 15) is 4.79 Å². The lowest BCUT2D eigenvalue weighted by Crippen LogP contribution is -2.25. The normalized spacial score (nSPS) is 11.1. The molecule has 1 rings (SSSR count). The molecule has 0 saturated carbocycles. The summed E-state index contributed by atoms with van der Waals surface area (Å²) in [5.41, 5.74) is 17.6. The second-order valence-electron chi connectivity index (χ2n) is 4.46. The molecule has 8 heteroatoms. The average Bonchev–Trinajstić information content (AvgIpc) is 2.44. The standard InChI is InChI=1S/C13H21N7O/c1-5-7(3)8-11(20(4)6-2)18-10(14)9(17-8)12(21)19-13(15)16/h5H,6H2,1-4H3,(H2,14,18)(H4,15,16,19,21)/b7-5+. The summed E-state index contributed by atoms with van der Waals surface area (Å²) in [4.78, 5) is 25.8. The van der Waals surface area contributed by atoms with Crippen molar-refractivity contribution in [2.45, 2.75) is 20.8 Å². The summed E-state index contributed by atoms with van der Waals surface area (Å²) in [6.45, 7) is 6.45. The Balaban J connectivity index is 3.52. The van der Waals surface area contributed by atoms with Gasteiger partial charge >= 0.3 is 5.91 Å². The van der Waals surface area contributed by atoms with Crippen LogP contribution in [0.3, 0.4) is 0 Å². The molecule has 0 aliphatic rings. The van der Waals surface area contributed by atoms with E-state index in [-0.39, 0.29) is 17.5 Å². The Bertz CT molecular complexity index is 603. The van der Waals surface area contributed by atoms with Crippen LogP contribution >= 0.6 is 0 Å². The third-order valence-corrected chi connectivity index (χ3v) is 2.98. The first-order valence-electron chi connectivity index (χ1n) is 6.47. The number of nitrogen functional groups attached to an aromatic ring is 1. The van der Waals surface area contributed by atoms with Crippen LogP contribution in [0.1, 0.15) is 37.0 Å². The van der Waals surface area contributed by atoms with Gasteiger partial charge < -0.3 is 22.1 Å². The van der Waals surface area contributed by atoms with Gasteiger partial charge in [0, 0.05) is 13.6 Å². The minimum Gasteiger partial charge on any atom is -0.382 e. The predicted molar refractivity (Wildman–Crippen MR) is 84.9 cm³/mol. The zero-order chi connectivity index (χ0) is 16.2. The molecule has 1 heterocycles. The summed E-state index contributed by atoms with van der Waals surface area (Å²) in [6, 6.07) is 0. The number of nitrogens with two attached hydrogens (primary N) is 3. The Morgan fingerprint density at radius 1 is 1.33 bits per heavy atom. The molecule has 0 saturated heterocycles. The number of guanidine groups is 1. The summed E-state index contributed by atoms with van der Waals surface area (Å²) in [5, 5.41) is 0. The van der Waals surface area contributed by atoms with Crippen LogP contribution in [0.4, 0.5) is 11.6 Å². The smallest absolute Gasteiger partial charge is 0.302 e. The molecular formula is C13H21N7O. The van der Waals surface area contributed by atoms with Crippen molar-refractivity contribution in [1.82, 2.24) is 9.97 Å². The van der Waals surface area contributed by atoms with Crippen LogP contribution in [-0.2, 0) is 0 Å². The SMILES string of the molecule is C/C=C(\C)c1nc(C(=O)N=C(N)N)c(N)nc1N(C)CC. The summed E-state index contributed by atoms with van der Waals surface area (Å²) in [7, 11) is 1.87. The predicted octanol–water partition coefficient (Wildman–Crippen LogP) is 0.352. The number of carbonyl (C=O) groups excluding carboxylic acids is 1. The highest BCUT2D eigenvalue weighted by Gasteiger charge is 2.19. The van der Waals surface area contributed by atoms with Gasteiger partial charge in [-0.25, -0.2) is 9.97 Å². The van der Waals surface area contributed by atoms with Crippen LogP contribution in [0.15, 0.2) is 11.1 Å². The van der Waals surface area contributed by atoms with Crippen molar-refractivity contribution in [3.63, 3.8) is 0 Å². The average molecular weight is 291 g/mol. The highest BCUT2D eigenvalue weighted by atomic mass is 16.1. The highest BCUT2D eigenvalue weighted by Crippen LogP contribution is 2.25. The van der Waals surface area contributed by atoms with E-state index in [0.717, 1.165) is 12.1 Å². The fourth-order valence-electron chi connectivity index (χ4n) is 1.58. The van der Waals surface area contributed by atoms with E-state index in [0.29, 0.717) is 11.5 Å². The molecule has 6 N–H and O–H groups in total. The van der Waals surface area contributed by atoms with E-state index in [1.807, 2.05) is 38.8 Å². The summed E-state index contributed by atoms with van der Waals surface area (Å²) < 4.78 is 0. The van der Waals surface area contributed by atoms with Crippen molar-refractivity contribution < 1.29 is 4.79 Å². The highest BCUT2D eigenvalue weighted by molar-refractivity contribution is 6.03. The van der Waals surface area contributed by atoms with Gasteiger partial charge in [0.15, 0.2) is 23.3 Å². The minimum atomic E-state index is -0.712. The minimum absolute atomic E-state index is 0.00652. The van der Waals surface area contributed by atoms with E-state index in [4.69, 9.17) is 17.2 Å². The van der Waals surface area contributed by atoms with Gasteiger partial charge in [-0.15, -0.1) is 0 Å². The number of hydrogen-bond acceptors (Lipinski definition) is 5.